The fraction of sp³-hybridized carbons (Fsp3) is 0.625. The molecule has 1 amide bonds. The molecular weight excluding hydrogens is 204 g/mol. The number of carbonyl (C=O) groups is 1. The van der Waals surface area contributed by atoms with Crippen LogP contribution in [-0.4, -0.2) is 38.9 Å². The summed E-state index contributed by atoms with van der Waals surface area (Å²) in [5.74, 6) is -0.427. The van der Waals surface area contributed by atoms with Crippen molar-refractivity contribution >= 4 is 15.7 Å². The lowest BCUT2D eigenvalue weighted by molar-refractivity contribution is -0.122. The molecule has 0 aromatic rings. The highest BCUT2D eigenvalue weighted by molar-refractivity contribution is 7.90. The van der Waals surface area contributed by atoms with E-state index in [1.54, 1.807) is 0 Å². The summed E-state index contributed by atoms with van der Waals surface area (Å²) in [5.41, 5.74) is 5.45. The monoisotopic (exact) mass is 220 g/mol. The van der Waals surface area contributed by atoms with Crippen LogP contribution in [0.25, 0.3) is 0 Å². The number of hydrogen-bond acceptors (Lipinski definition) is 4. The summed E-state index contributed by atoms with van der Waals surface area (Å²) in [7, 11) is -3.05. The lowest BCUT2D eigenvalue weighted by Crippen LogP contribution is -2.41. The van der Waals surface area contributed by atoms with Crippen molar-refractivity contribution in [3.8, 4) is 0 Å². The molecule has 0 fully saturated rings. The van der Waals surface area contributed by atoms with E-state index in [1.165, 1.54) is 6.08 Å². The topological polar surface area (TPSA) is 89.3 Å². The van der Waals surface area contributed by atoms with Crippen molar-refractivity contribution in [2.75, 3.05) is 18.6 Å². The first-order valence-electron chi connectivity index (χ1n) is 4.18. The number of rotatable bonds is 6. The molecule has 0 spiro atoms. The Balaban J connectivity index is 3.90. The zero-order valence-corrected chi connectivity index (χ0v) is 9.01. The van der Waals surface area contributed by atoms with E-state index in [0.717, 1.165) is 6.26 Å². The van der Waals surface area contributed by atoms with Crippen molar-refractivity contribution in [1.29, 1.82) is 0 Å². The van der Waals surface area contributed by atoms with Crippen LogP contribution in [0.1, 0.15) is 6.42 Å². The average Bonchev–Trinajstić information content (AvgIpc) is 2.09. The van der Waals surface area contributed by atoms with Gasteiger partial charge in [-0.2, -0.15) is 0 Å². The first-order valence-corrected chi connectivity index (χ1v) is 6.25. The van der Waals surface area contributed by atoms with Gasteiger partial charge in [-0.05, 0) is 6.42 Å². The van der Waals surface area contributed by atoms with Crippen molar-refractivity contribution < 1.29 is 13.2 Å². The van der Waals surface area contributed by atoms with E-state index < -0.39 is 15.9 Å². The van der Waals surface area contributed by atoms with E-state index in [4.69, 9.17) is 5.73 Å². The summed E-state index contributed by atoms with van der Waals surface area (Å²) in [4.78, 5) is 11.1. The maximum atomic E-state index is 11.1. The second-order valence-corrected chi connectivity index (χ2v) is 5.32. The van der Waals surface area contributed by atoms with Crippen LogP contribution < -0.4 is 11.1 Å². The van der Waals surface area contributed by atoms with Gasteiger partial charge in [0.1, 0.15) is 9.84 Å². The molecule has 6 heteroatoms. The Labute approximate surface area is 84.3 Å². The van der Waals surface area contributed by atoms with E-state index in [1.807, 2.05) is 0 Å². The number of amides is 1. The van der Waals surface area contributed by atoms with Gasteiger partial charge in [0.25, 0.3) is 0 Å². The number of sulfone groups is 1. The number of nitrogens with two attached hydrogens (primary N) is 1. The summed E-state index contributed by atoms with van der Waals surface area (Å²) in [6.45, 7) is 3.76. The maximum absolute atomic E-state index is 11.1. The van der Waals surface area contributed by atoms with Gasteiger partial charge in [0.2, 0.25) is 5.91 Å². The molecule has 0 radical (unpaired) electrons. The van der Waals surface area contributed by atoms with E-state index >= 15 is 0 Å². The van der Waals surface area contributed by atoms with Crippen LogP contribution in [0.4, 0.5) is 0 Å². The molecule has 0 aliphatic rings. The Morgan fingerprint density at radius 2 is 2.21 bits per heavy atom. The van der Waals surface area contributed by atoms with Gasteiger partial charge in [-0.3, -0.25) is 4.79 Å². The fourth-order valence-electron chi connectivity index (χ4n) is 0.776. The van der Waals surface area contributed by atoms with Crippen LogP contribution in [0, 0.1) is 0 Å². The van der Waals surface area contributed by atoms with Gasteiger partial charge in [-0.15, -0.1) is 6.58 Å². The molecule has 0 rings (SSSR count). The summed E-state index contributed by atoms with van der Waals surface area (Å²) in [6.07, 6.45) is 2.78. The molecule has 5 nitrogen and oxygen atoms in total. The minimum Gasteiger partial charge on any atom is -0.351 e. The van der Waals surface area contributed by atoms with Gasteiger partial charge in [-0.25, -0.2) is 8.42 Å². The third-order valence-electron chi connectivity index (χ3n) is 1.56. The molecule has 0 saturated heterocycles. The van der Waals surface area contributed by atoms with Gasteiger partial charge in [-0.1, -0.05) is 6.08 Å². The van der Waals surface area contributed by atoms with Crippen LogP contribution >= 0.6 is 0 Å². The summed E-state index contributed by atoms with van der Waals surface area (Å²) < 4.78 is 21.5. The van der Waals surface area contributed by atoms with Crippen molar-refractivity contribution in [3.63, 3.8) is 0 Å². The van der Waals surface area contributed by atoms with Crippen molar-refractivity contribution in [3.05, 3.63) is 12.7 Å². The fourth-order valence-corrected chi connectivity index (χ4v) is 1.46. The molecule has 0 aromatic carbocycles. The predicted octanol–water partition coefficient (Wildman–Crippen LogP) is -0.949. The molecule has 0 aliphatic heterocycles. The second kappa shape index (κ2) is 5.77. The maximum Gasteiger partial charge on any atom is 0.237 e. The number of carbonyl (C=O) groups excluding carboxylic acids is 1. The number of hydrogen-bond donors (Lipinski definition) is 2. The second-order valence-electron chi connectivity index (χ2n) is 3.06. The molecule has 0 aromatic heterocycles. The summed E-state index contributed by atoms with van der Waals surface area (Å²) >= 11 is 0. The summed E-state index contributed by atoms with van der Waals surface area (Å²) in [6, 6.07) is -0.773. The van der Waals surface area contributed by atoms with E-state index in [2.05, 4.69) is 11.9 Å². The Morgan fingerprint density at radius 3 is 2.64 bits per heavy atom. The van der Waals surface area contributed by atoms with Gasteiger partial charge >= 0.3 is 0 Å². The highest BCUT2D eigenvalue weighted by Gasteiger charge is 2.14. The smallest absolute Gasteiger partial charge is 0.237 e. The van der Waals surface area contributed by atoms with E-state index in [9.17, 15) is 13.2 Å². The minimum atomic E-state index is -3.05. The first-order chi connectivity index (χ1) is 6.37. The first kappa shape index (κ1) is 13.1. The van der Waals surface area contributed by atoms with Crippen LogP contribution in [0.15, 0.2) is 12.7 Å². The van der Waals surface area contributed by atoms with Crippen LogP contribution in [0.3, 0.4) is 0 Å². The zero-order chi connectivity index (χ0) is 11.2. The SMILES string of the molecule is C=CCNC(=O)C(N)CCS(C)(=O)=O. The molecule has 14 heavy (non-hydrogen) atoms. The molecule has 0 heterocycles. The highest BCUT2D eigenvalue weighted by atomic mass is 32.2. The number of nitrogens with one attached hydrogen (secondary N) is 1. The highest BCUT2D eigenvalue weighted by Crippen LogP contribution is 1.93. The average molecular weight is 220 g/mol. The van der Waals surface area contributed by atoms with Crippen LogP contribution in [0.5, 0.6) is 0 Å². The Kier molecular flexibility index (Phi) is 5.40. The molecule has 82 valence electrons. The van der Waals surface area contributed by atoms with Crippen molar-refractivity contribution in [1.82, 2.24) is 5.32 Å². The summed E-state index contributed by atoms with van der Waals surface area (Å²) in [5, 5.41) is 2.49. The molecule has 0 aliphatic carbocycles. The van der Waals surface area contributed by atoms with Gasteiger partial charge < -0.3 is 11.1 Å². The van der Waals surface area contributed by atoms with Crippen LogP contribution in [0.2, 0.25) is 0 Å². The zero-order valence-electron chi connectivity index (χ0n) is 8.19. The molecule has 1 atom stereocenters. The van der Waals surface area contributed by atoms with E-state index in [-0.39, 0.29) is 18.1 Å². The Hall–Kier alpha value is -0.880. The van der Waals surface area contributed by atoms with Gasteiger partial charge in [0.15, 0.2) is 0 Å². The molecule has 1 unspecified atom stereocenters. The third-order valence-corrected chi connectivity index (χ3v) is 2.53. The quantitative estimate of drug-likeness (QED) is 0.565. The minimum absolute atomic E-state index is 0.0737. The van der Waals surface area contributed by atoms with Crippen LogP contribution in [-0.2, 0) is 14.6 Å². The van der Waals surface area contributed by atoms with Gasteiger partial charge in [0.05, 0.1) is 11.8 Å². The predicted molar refractivity (Wildman–Crippen MR) is 55.5 cm³/mol. The van der Waals surface area contributed by atoms with Crippen molar-refractivity contribution in [2.24, 2.45) is 5.73 Å². The normalized spacial score (nSPS) is 13.3. The lowest BCUT2D eigenvalue weighted by atomic mass is 10.2. The lowest BCUT2D eigenvalue weighted by Gasteiger charge is -2.09. The van der Waals surface area contributed by atoms with Crippen molar-refractivity contribution in [2.45, 2.75) is 12.5 Å². The third kappa shape index (κ3) is 6.62. The van der Waals surface area contributed by atoms with E-state index in [0.29, 0.717) is 6.54 Å². The Bertz CT molecular complexity index is 298. The standard InChI is InChI=1S/C8H16N2O3S/c1-3-5-10-8(11)7(9)4-6-14(2,12)13/h3,7H,1,4-6,9H2,2H3,(H,10,11). The molecular formula is C8H16N2O3S. The largest absolute Gasteiger partial charge is 0.351 e. The molecule has 0 bridgehead atoms. The van der Waals surface area contributed by atoms with Gasteiger partial charge in [0, 0.05) is 12.8 Å². The molecule has 0 saturated carbocycles. The Morgan fingerprint density at radius 1 is 1.64 bits per heavy atom. The molecule has 3 N–H and O–H groups in total.